The number of halogens is 2. The van der Waals surface area contributed by atoms with E-state index in [0.717, 1.165) is 24.5 Å². The van der Waals surface area contributed by atoms with E-state index in [1.54, 1.807) is 5.56 Å². The van der Waals surface area contributed by atoms with E-state index >= 15 is 0 Å². The Hall–Kier alpha value is -1.68. The average molecular weight is 446 g/mol. The van der Waals surface area contributed by atoms with Crippen molar-refractivity contribution in [3.8, 4) is 0 Å². The number of nitrogens with one attached hydrogen (secondary N) is 2. The Morgan fingerprint density at radius 2 is 1.63 bits per heavy atom. The Bertz CT molecular complexity index is 992. The highest BCUT2D eigenvalue weighted by atomic mass is 35.5. The summed E-state index contributed by atoms with van der Waals surface area (Å²) in [4.78, 5) is 0. The molecule has 0 bridgehead atoms. The van der Waals surface area contributed by atoms with Crippen molar-refractivity contribution in [1.29, 1.82) is 0 Å². The number of nitrogens with zero attached hydrogens (tertiary/aromatic N) is 1. The van der Waals surface area contributed by atoms with Crippen molar-refractivity contribution in [3.63, 3.8) is 0 Å². The Kier molecular flexibility index (Phi) is 8.10. The topological polar surface area (TPSA) is 29.0 Å². The predicted molar refractivity (Wildman–Crippen MR) is 133 cm³/mol. The summed E-state index contributed by atoms with van der Waals surface area (Å²) in [7, 11) is 0. The van der Waals surface area contributed by atoms with Gasteiger partial charge in [-0.2, -0.15) is 0 Å². The summed E-state index contributed by atoms with van der Waals surface area (Å²) in [6.07, 6.45) is 4.95. The van der Waals surface area contributed by atoms with Gasteiger partial charge in [0.1, 0.15) is 0 Å². The van der Waals surface area contributed by atoms with Crippen molar-refractivity contribution in [2.45, 2.75) is 66.0 Å². The fraction of sp³-hybridized carbons (Fsp3) is 0.440. The van der Waals surface area contributed by atoms with Crippen molar-refractivity contribution in [1.82, 2.24) is 9.88 Å². The van der Waals surface area contributed by atoms with Crippen LogP contribution in [0.3, 0.4) is 0 Å². The van der Waals surface area contributed by atoms with Crippen LogP contribution in [0.25, 0.3) is 10.9 Å². The first-order valence-corrected chi connectivity index (χ1v) is 11.9. The van der Waals surface area contributed by atoms with E-state index in [9.17, 15) is 0 Å². The molecule has 0 spiro atoms. The molecule has 4 rings (SSSR count). The summed E-state index contributed by atoms with van der Waals surface area (Å²) in [6.45, 7) is 10.4. The van der Waals surface area contributed by atoms with Crippen LogP contribution < -0.4 is 10.6 Å². The maximum atomic E-state index is 6.17. The number of hydrogen-bond acceptors (Lipinski definition) is 2. The van der Waals surface area contributed by atoms with Crippen molar-refractivity contribution < 1.29 is 0 Å². The Labute approximate surface area is 190 Å². The maximum absolute atomic E-state index is 6.17. The first-order chi connectivity index (χ1) is 14.5. The third-order valence-corrected chi connectivity index (χ3v) is 6.21. The van der Waals surface area contributed by atoms with Gasteiger partial charge in [0.05, 0.1) is 15.6 Å². The van der Waals surface area contributed by atoms with Gasteiger partial charge < -0.3 is 15.2 Å². The van der Waals surface area contributed by atoms with Gasteiger partial charge in [0.25, 0.3) is 0 Å². The molecule has 1 aliphatic carbocycles. The van der Waals surface area contributed by atoms with Gasteiger partial charge in [-0.05, 0) is 61.6 Å². The predicted octanol–water partition coefficient (Wildman–Crippen LogP) is 7.59. The number of fused-ring (bicyclic) bond motifs is 3. The van der Waals surface area contributed by atoms with E-state index < -0.39 is 0 Å². The Morgan fingerprint density at radius 1 is 0.933 bits per heavy atom. The highest BCUT2D eigenvalue weighted by Crippen LogP contribution is 2.34. The first kappa shape index (κ1) is 23.0. The molecule has 0 saturated heterocycles. The molecule has 2 aromatic carbocycles. The maximum Gasteiger partial charge on any atom is 0.0612 e. The van der Waals surface area contributed by atoms with Crippen molar-refractivity contribution in [2.75, 3.05) is 11.9 Å². The van der Waals surface area contributed by atoms with Gasteiger partial charge in [0, 0.05) is 41.6 Å². The third kappa shape index (κ3) is 5.14. The fourth-order valence-electron chi connectivity index (χ4n) is 4.17. The fourth-order valence-corrected chi connectivity index (χ4v) is 4.47. The summed E-state index contributed by atoms with van der Waals surface area (Å²) in [5, 5.41) is 9.57. The zero-order valence-corrected chi connectivity index (χ0v) is 20.0. The van der Waals surface area contributed by atoms with E-state index in [-0.39, 0.29) is 0 Å². The molecular weight excluding hydrogens is 413 g/mol. The molecule has 3 aromatic rings. The van der Waals surface area contributed by atoms with Gasteiger partial charge in [-0.15, -0.1) is 0 Å². The van der Waals surface area contributed by atoms with Crippen LogP contribution in [-0.2, 0) is 19.4 Å². The minimum absolute atomic E-state index is 0.504. The third-order valence-electron chi connectivity index (χ3n) is 5.47. The average Bonchev–Trinajstić information content (AvgIpc) is 3.05. The molecule has 0 fully saturated rings. The molecule has 1 aromatic heterocycles. The molecule has 30 heavy (non-hydrogen) atoms. The SMILES string of the molecule is CC.CC(C)NCCn1c2c(c3ccc(Nc4ccc(Cl)c(Cl)c4)cc31)CCCC2. The second kappa shape index (κ2) is 10.6. The van der Waals surface area contributed by atoms with E-state index in [1.165, 1.54) is 42.3 Å². The standard InChI is InChI=1S/C23H27Cl2N3.C2H6/c1-15(2)26-11-12-28-22-6-4-3-5-18(22)19-9-7-17(14-23(19)28)27-16-8-10-20(24)21(25)13-16;1-2/h7-10,13-15,26-27H,3-6,11-12H2,1-2H3;1-2H3. The number of rotatable bonds is 6. The van der Waals surface area contributed by atoms with Crippen molar-refractivity contribution in [3.05, 3.63) is 57.7 Å². The van der Waals surface area contributed by atoms with Crippen LogP contribution in [0, 0.1) is 0 Å². The molecule has 162 valence electrons. The van der Waals surface area contributed by atoms with E-state index in [2.05, 4.69) is 47.2 Å². The number of hydrogen-bond donors (Lipinski definition) is 2. The molecule has 5 heteroatoms. The molecule has 0 saturated carbocycles. The normalized spacial score (nSPS) is 13.2. The Morgan fingerprint density at radius 3 is 2.37 bits per heavy atom. The van der Waals surface area contributed by atoms with Crippen LogP contribution in [0.4, 0.5) is 11.4 Å². The summed E-state index contributed by atoms with van der Waals surface area (Å²) in [6, 6.07) is 12.8. The molecule has 0 unspecified atom stereocenters. The smallest absolute Gasteiger partial charge is 0.0612 e. The van der Waals surface area contributed by atoms with E-state index in [4.69, 9.17) is 23.2 Å². The zero-order valence-electron chi connectivity index (χ0n) is 18.5. The largest absolute Gasteiger partial charge is 0.355 e. The van der Waals surface area contributed by atoms with Gasteiger partial charge in [0.15, 0.2) is 0 Å². The lowest BCUT2D eigenvalue weighted by Crippen LogP contribution is -2.27. The first-order valence-electron chi connectivity index (χ1n) is 11.1. The number of benzene rings is 2. The van der Waals surface area contributed by atoms with E-state index in [0.29, 0.717) is 16.1 Å². The molecule has 0 atom stereocenters. The van der Waals surface area contributed by atoms with Gasteiger partial charge in [-0.3, -0.25) is 0 Å². The van der Waals surface area contributed by atoms with Gasteiger partial charge >= 0.3 is 0 Å². The minimum atomic E-state index is 0.504. The summed E-state index contributed by atoms with van der Waals surface area (Å²) < 4.78 is 2.53. The molecule has 0 aliphatic heterocycles. The zero-order chi connectivity index (χ0) is 21.7. The highest BCUT2D eigenvalue weighted by Gasteiger charge is 2.20. The molecule has 3 nitrogen and oxygen atoms in total. The quantitative estimate of drug-likeness (QED) is 0.408. The van der Waals surface area contributed by atoms with Gasteiger partial charge in [-0.25, -0.2) is 0 Å². The number of aromatic nitrogens is 1. The molecular formula is C25H33Cl2N3. The molecule has 2 N–H and O–H groups in total. The van der Waals surface area contributed by atoms with Crippen molar-refractivity contribution >= 4 is 45.5 Å². The van der Waals surface area contributed by atoms with E-state index in [1.807, 2.05) is 32.0 Å². The summed E-state index contributed by atoms with van der Waals surface area (Å²) >= 11 is 12.2. The lowest BCUT2D eigenvalue weighted by molar-refractivity contribution is 0.531. The monoisotopic (exact) mass is 445 g/mol. The van der Waals surface area contributed by atoms with Gasteiger partial charge in [0.2, 0.25) is 0 Å². The van der Waals surface area contributed by atoms with Gasteiger partial charge in [-0.1, -0.05) is 57.0 Å². The molecule has 1 aliphatic rings. The van der Waals surface area contributed by atoms with Crippen LogP contribution in [0.2, 0.25) is 10.0 Å². The number of anilines is 2. The second-order valence-electron chi connectivity index (χ2n) is 7.88. The lowest BCUT2D eigenvalue weighted by Gasteiger charge is -2.17. The van der Waals surface area contributed by atoms with Crippen LogP contribution in [0.1, 0.15) is 51.8 Å². The molecule has 1 heterocycles. The molecule has 0 radical (unpaired) electrons. The van der Waals surface area contributed by atoms with Crippen LogP contribution >= 0.6 is 23.2 Å². The highest BCUT2D eigenvalue weighted by molar-refractivity contribution is 6.42. The summed E-state index contributed by atoms with van der Waals surface area (Å²) in [5.41, 5.74) is 6.41. The Balaban J connectivity index is 0.00000124. The summed E-state index contributed by atoms with van der Waals surface area (Å²) in [5.74, 6) is 0. The van der Waals surface area contributed by atoms with Crippen LogP contribution in [0.5, 0.6) is 0 Å². The van der Waals surface area contributed by atoms with Crippen LogP contribution in [0.15, 0.2) is 36.4 Å². The molecule has 0 amide bonds. The van der Waals surface area contributed by atoms with Crippen LogP contribution in [-0.4, -0.2) is 17.2 Å². The lowest BCUT2D eigenvalue weighted by atomic mass is 9.95. The van der Waals surface area contributed by atoms with Crippen molar-refractivity contribution in [2.24, 2.45) is 0 Å². The minimum Gasteiger partial charge on any atom is -0.355 e. The second-order valence-corrected chi connectivity index (χ2v) is 8.69. The number of aryl methyl sites for hydroxylation is 1.